The number of methoxy groups -OCH3 is 1. The summed E-state index contributed by atoms with van der Waals surface area (Å²) in [5.74, 6) is -0.0534. The van der Waals surface area contributed by atoms with Gasteiger partial charge in [-0.1, -0.05) is 41.4 Å². The number of nitrogens with zero attached hydrogens (tertiary/aromatic N) is 1. The van der Waals surface area contributed by atoms with E-state index in [-0.39, 0.29) is 22.0 Å². The standard InChI is InChI=1S/C25H17Cl2FINO4S/c1-33-21-10-15(9-20(29)23(21)34-13-14-5-7-16(26)8-6-14)11-22-24(31)30(25(32)35-22)12-17-18(27)3-2-4-19(17)28/h2-11H,12-13H2,1H3/b22-11-. The highest BCUT2D eigenvalue weighted by Crippen LogP contribution is 2.38. The van der Waals surface area contributed by atoms with Crippen LogP contribution in [0.2, 0.25) is 10.0 Å². The van der Waals surface area contributed by atoms with E-state index in [1.165, 1.54) is 25.3 Å². The first-order valence-corrected chi connectivity index (χ1v) is 12.8. The Hall–Kier alpha value is -2.27. The van der Waals surface area contributed by atoms with E-state index in [0.29, 0.717) is 28.7 Å². The van der Waals surface area contributed by atoms with E-state index in [4.69, 9.17) is 32.7 Å². The van der Waals surface area contributed by atoms with Gasteiger partial charge in [-0.15, -0.1) is 0 Å². The third-order valence-electron chi connectivity index (χ3n) is 5.10. The number of thioether (sulfide) groups is 1. The maximum atomic E-state index is 14.2. The molecule has 0 aromatic heterocycles. The zero-order chi connectivity index (χ0) is 25.1. The molecule has 0 bridgehead atoms. The summed E-state index contributed by atoms with van der Waals surface area (Å²) < 4.78 is 26.4. The van der Waals surface area contributed by atoms with E-state index in [9.17, 15) is 14.0 Å². The number of ether oxygens (including phenoxy) is 2. The van der Waals surface area contributed by atoms with Crippen LogP contribution in [-0.4, -0.2) is 23.2 Å². The minimum absolute atomic E-state index is 0.0936. The Balaban J connectivity index is 1.54. The van der Waals surface area contributed by atoms with Crippen LogP contribution in [0.15, 0.2) is 59.5 Å². The van der Waals surface area contributed by atoms with Crippen LogP contribution in [0.1, 0.15) is 16.7 Å². The van der Waals surface area contributed by atoms with E-state index in [2.05, 4.69) is 22.6 Å². The monoisotopic (exact) mass is 643 g/mol. The summed E-state index contributed by atoms with van der Waals surface area (Å²) in [4.78, 5) is 26.6. The first kappa shape index (κ1) is 25.8. The SMILES string of the molecule is COc1cc(/C=C2\SC(=O)N(Cc3c(F)cccc3Cl)C2=O)cc(I)c1OCc1ccc(Cl)cc1. The molecule has 0 atom stereocenters. The first-order valence-electron chi connectivity index (χ1n) is 10.2. The van der Waals surface area contributed by atoms with Crippen molar-refractivity contribution in [1.29, 1.82) is 0 Å². The fourth-order valence-electron chi connectivity index (χ4n) is 3.33. The van der Waals surface area contributed by atoms with E-state index in [0.717, 1.165) is 25.8 Å². The molecule has 1 saturated heterocycles. The van der Waals surface area contributed by atoms with Crippen LogP contribution in [-0.2, 0) is 17.9 Å². The average Bonchev–Trinajstić information content (AvgIpc) is 3.08. The zero-order valence-electron chi connectivity index (χ0n) is 18.2. The molecule has 0 aliphatic carbocycles. The normalized spacial score (nSPS) is 14.7. The van der Waals surface area contributed by atoms with Crippen molar-refractivity contribution >= 4 is 74.8 Å². The summed E-state index contributed by atoms with van der Waals surface area (Å²) in [6, 6.07) is 15.1. The third kappa shape index (κ3) is 5.94. The minimum atomic E-state index is -0.575. The number of halogens is 4. The predicted octanol–water partition coefficient (Wildman–Crippen LogP) is 7.56. The van der Waals surface area contributed by atoms with Gasteiger partial charge in [0.2, 0.25) is 0 Å². The van der Waals surface area contributed by atoms with Crippen LogP contribution in [0.4, 0.5) is 9.18 Å². The van der Waals surface area contributed by atoms with Crippen molar-refractivity contribution in [1.82, 2.24) is 4.90 Å². The molecular weight excluding hydrogens is 627 g/mol. The quantitative estimate of drug-likeness (QED) is 0.196. The minimum Gasteiger partial charge on any atom is -0.493 e. The topological polar surface area (TPSA) is 55.8 Å². The Morgan fingerprint density at radius 1 is 1.11 bits per heavy atom. The van der Waals surface area contributed by atoms with Crippen molar-refractivity contribution in [3.05, 3.63) is 95.6 Å². The summed E-state index contributed by atoms with van der Waals surface area (Å²) in [7, 11) is 1.52. The molecule has 0 unspecified atom stereocenters. The van der Waals surface area contributed by atoms with Crippen molar-refractivity contribution in [2.45, 2.75) is 13.2 Å². The molecule has 0 N–H and O–H groups in total. The van der Waals surface area contributed by atoms with Crippen LogP contribution in [0.25, 0.3) is 6.08 Å². The van der Waals surface area contributed by atoms with Crippen molar-refractivity contribution < 1.29 is 23.5 Å². The number of imide groups is 1. The molecule has 1 aliphatic heterocycles. The Kier molecular flexibility index (Phi) is 8.26. The fourth-order valence-corrected chi connectivity index (χ4v) is 5.30. The van der Waals surface area contributed by atoms with Crippen LogP contribution < -0.4 is 9.47 Å². The molecule has 180 valence electrons. The lowest BCUT2D eigenvalue weighted by molar-refractivity contribution is -0.123. The molecule has 3 aromatic rings. The summed E-state index contributed by atoms with van der Waals surface area (Å²) in [6.45, 7) is 0.0756. The molecule has 3 aromatic carbocycles. The van der Waals surface area contributed by atoms with Crippen LogP contribution in [0.3, 0.4) is 0 Å². The van der Waals surface area contributed by atoms with E-state index in [1.807, 2.05) is 18.2 Å². The zero-order valence-corrected chi connectivity index (χ0v) is 22.7. The van der Waals surface area contributed by atoms with Gasteiger partial charge in [0.25, 0.3) is 11.1 Å². The summed E-state index contributed by atoms with van der Waals surface area (Å²) in [6.07, 6.45) is 1.60. The molecule has 1 aliphatic rings. The molecule has 2 amide bonds. The number of hydrogen-bond donors (Lipinski definition) is 0. The van der Waals surface area contributed by atoms with Crippen molar-refractivity contribution in [3.8, 4) is 11.5 Å². The Bertz CT molecular complexity index is 1310. The molecule has 5 nitrogen and oxygen atoms in total. The molecule has 4 rings (SSSR count). The molecule has 1 fully saturated rings. The van der Waals surface area contributed by atoms with Crippen LogP contribution >= 0.6 is 57.6 Å². The van der Waals surface area contributed by atoms with Gasteiger partial charge < -0.3 is 9.47 Å². The Labute approximate surface area is 229 Å². The molecule has 0 radical (unpaired) electrons. The number of rotatable bonds is 7. The summed E-state index contributed by atoms with van der Waals surface area (Å²) in [5, 5.41) is 0.304. The molecule has 0 saturated carbocycles. The number of carbonyl (C=O) groups excluding carboxylic acids is 2. The van der Waals surface area contributed by atoms with E-state index in [1.54, 1.807) is 24.3 Å². The molecular formula is C25H17Cl2FINO4S. The highest BCUT2D eigenvalue weighted by molar-refractivity contribution is 14.1. The average molecular weight is 644 g/mol. The first-order chi connectivity index (χ1) is 16.8. The Morgan fingerprint density at radius 3 is 2.54 bits per heavy atom. The summed E-state index contributed by atoms with van der Waals surface area (Å²) >= 11 is 14.9. The number of carbonyl (C=O) groups is 2. The third-order valence-corrected chi connectivity index (χ3v) is 7.41. The maximum Gasteiger partial charge on any atom is 0.293 e. The predicted molar refractivity (Wildman–Crippen MR) is 144 cm³/mol. The van der Waals surface area contributed by atoms with E-state index < -0.39 is 17.0 Å². The molecule has 10 heteroatoms. The van der Waals surface area contributed by atoms with Gasteiger partial charge in [0, 0.05) is 15.6 Å². The van der Waals surface area contributed by atoms with Crippen LogP contribution in [0.5, 0.6) is 11.5 Å². The van der Waals surface area contributed by atoms with Gasteiger partial charge in [0.15, 0.2) is 11.5 Å². The largest absolute Gasteiger partial charge is 0.493 e. The van der Waals surface area contributed by atoms with Gasteiger partial charge >= 0.3 is 0 Å². The Morgan fingerprint density at radius 2 is 1.86 bits per heavy atom. The van der Waals surface area contributed by atoms with Gasteiger partial charge in [0.1, 0.15) is 12.4 Å². The van der Waals surface area contributed by atoms with Gasteiger partial charge in [-0.3, -0.25) is 14.5 Å². The van der Waals surface area contributed by atoms with Gasteiger partial charge in [-0.2, -0.15) is 0 Å². The second kappa shape index (κ2) is 11.2. The number of benzene rings is 3. The summed E-state index contributed by atoms with van der Waals surface area (Å²) in [5.41, 5.74) is 1.69. The fraction of sp³-hybridized carbons (Fsp3) is 0.120. The van der Waals surface area contributed by atoms with Crippen molar-refractivity contribution in [2.24, 2.45) is 0 Å². The lowest BCUT2D eigenvalue weighted by Crippen LogP contribution is -2.28. The van der Waals surface area contributed by atoms with Crippen molar-refractivity contribution in [3.63, 3.8) is 0 Å². The smallest absolute Gasteiger partial charge is 0.293 e. The lowest BCUT2D eigenvalue weighted by Gasteiger charge is -2.14. The van der Waals surface area contributed by atoms with E-state index >= 15 is 0 Å². The van der Waals surface area contributed by atoms with Crippen molar-refractivity contribution in [2.75, 3.05) is 7.11 Å². The van der Waals surface area contributed by atoms with Gasteiger partial charge in [0.05, 0.1) is 22.1 Å². The number of amides is 2. The van der Waals surface area contributed by atoms with Gasteiger partial charge in [-0.05, 0) is 88.0 Å². The molecule has 0 spiro atoms. The van der Waals surface area contributed by atoms with Gasteiger partial charge in [-0.25, -0.2) is 4.39 Å². The highest BCUT2D eigenvalue weighted by Gasteiger charge is 2.36. The molecule has 35 heavy (non-hydrogen) atoms. The lowest BCUT2D eigenvalue weighted by atomic mass is 10.1. The maximum absolute atomic E-state index is 14.2. The molecule has 1 heterocycles. The second-order valence-corrected chi connectivity index (χ2v) is 10.4. The van der Waals surface area contributed by atoms with Crippen LogP contribution in [0, 0.1) is 9.39 Å². The highest BCUT2D eigenvalue weighted by atomic mass is 127. The number of hydrogen-bond acceptors (Lipinski definition) is 5. The second-order valence-electron chi connectivity index (χ2n) is 7.42.